The smallest absolute Gasteiger partial charge is 0.207 e. The van der Waals surface area contributed by atoms with Crippen LogP contribution in [0.25, 0.3) is 0 Å². The molecule has 2 nitrogen and oxygen atoms in total. The largest absolute Gasteiger partial charge is 0.353 e. The van der Waals surface area contributed by atoms with Crippen molar-refractivity contribution >= 4 is 6.41 Å². The number of allylic oxidation sites excluding steroid dienone is 2. The maximum Gasteiger partial charge on any atom is 0.207 e. The summed E-state index contributed by atoms with van der Waals surface area (Å²) in [6.45, 7) is 9.68. The number of hydrogen-bond acceptors (Lipinski definition) is 1. The Balaban J connectivity index is 1.75. The van der Waals surface area contributed by atoms with Crippen molar-refractivity contribution in [1.82, 2.24) is 5.32 Å². The van der Waals surface area contributed by atoms with Crippen LogP contribution in [0.2, 0.25) is 0 Å². The van der Waals surface area contributed by atoms with E-state index in [-0.39, 0.29) is 5.54 Å². The third-order valence-electron chi connectivity index (χ3n) is 8.03. The van der Waals surface area contributed by atoms with Gasteiger partial charge in [-0.25, -0.2) is 0 Å². The standard InChI is InChI=1S/C21H33NO/c1-13-9-15-11-20(2,3)10-14-5-6-17-19(18(14)15)16(13)7-8-21(17,4)22-12-23/h10,12-13,15-19H,5-9,11H2,1-4H3,(H,22,23)/t13-,15-,16+,17-,18-,19+,21-/m1/s1. The Morgan fingerprint density at radius 1 is 1.26 bits per heavy atom. The molecule has 0 bridgehead atoms. The van der Waals surface area contributed by atoms with Gasteiger partial charge >= 0.3 is 0 Å². The van der Waals surface area contributed by atoms with E-state index < -0.39 is 0 Å². The zero-order valence-corrected chi connectivity index (χ0v) is 15.3. The van der Waals surface area contributed by atoms with Gasteiger partial charge in [0, 0.05) is 5.54 Å². The first-order valence-electron chi connectivity index (χ1n) is 9.77. The predicted octanol–water partition coefficient (Wildman–Crippen LogP) is 4.56. The molecule has 4 rings (SSSR count). The van der Waals surface area contributed by atoms with Gasteiger partial charge in [0.15, 0.2) is 0 Å². The van der Waals surface area contributed by atoms with Crippen LogP contribution in [0.4, 0.5) is 0 Å². The van der Waals surface area contributed by atoms with Gasteiger partial charge in [-0.1, -0.05) is 32.4 Å². The van der Waals surface area contributed by atoms with Gasteiger partial charge in [0.2, 0.25) is 6.41 Å². The molecule has 4 aliphatic rings. The van der Waals surface area contributed by atoms with Gasteiger partial charge < -0.3 is 5.32 Å². The van der Waals surface area contributed by atoms with Gasteiger partial charge in [-0.2, -0.15) is 0 Å². The first-order chi connectivity index (χ1) is 10.8. The molecule has 3 fully saturated rings. The Hall–Kier alpha value is -0.790. The summed E-state index contributed by atoms with van der Waals surface area (Å²) in [4.78, 5) is 11.2. The predicted molar refractivity (Wildman–Crippen MR) is 93.8 cm³/mol. The summed E-state index contributed by atoms with van der Waals surface area (Å²) in [5.41, 5.74) is 2.19. The molecule has 3 saturated carbocycles. The molecule has 0 aromatic heterocycles. The van der Waals surface area contributed by atoms with Crippen LogP contribution in [0.3, 0.4) is 0 Å². The Bertz CT molecular complexity index is 536. The van der Waals surface area contributed by atoms with Gasteiger partial charge in [0.25, 0.3) is 0 Å². The monoisotopic (exact) mass is 315 g/mol. The molecule has 128 valence electrons. The summed E-state index contributed by atoms with van der Waals surface area (Å²) >= 11 is 0. The van der Waals surface area contributed by atoms with E-state index in [1.54, 1.807) is 5.57 Å². The second-order valence-corrected chi connectivity index (χ2v) is 10.0. The quantitative estimate of drug-likeness (QED) is 0.587. The number of hydrogen-bond donors (Lipinski definition) is 1. The third-order valence-corrected chi connectivity index (χ3v) is 8.03. The van der Waals surface area contributed by atoms with Crippen LogP contribution in [-0.2, 0) is 4.79 Å². The summed E-state index contributed by atoms with van der Waals surface area (Å²) in [5.74, 6) is 4.93. The molecule has 4 aliphatic carbocycles. The number of nitrogens with one attached hydrogen (secondary N) is 1. The van der Waals surface area contributed by atoms with Gasteiger partial charge in [0.05, 0.1) is 0 Å². The normalized spacial score (nSPS) is 50.5. The molecule has 1 N–H and O–H groups in total. The van der Waals surface area contributed by atoms with E-state index in [2.05, 4.69) is 39.1 Å². The van der Waals surface area contributed by atoms with Crippen molar-refractivity contribution in [2.75, 3.05) is 0 Å². The molecule has 7 atom stereocenters. The zero-order chi connectivity index (χ0) is 16.4. The molecule has 0 saturated heterocycles. The molecule has 0 aromatic carbocycles. The maximum absolute atomic E-state index is 11.2. The van der Waals surface area contributed by atoms with Gasteiger partial charge in [-0.3, -0.25) is 4.79 Å². The molecule has 2 heteroatoms. The Morgan fingerprint density at radius 3 is 2.78 bits per heavy atom. The molecule has 0 heterocycles. The van der Waals surface area contributed by atoms with Crippen LogP contribution in [0, 0.1) is 40.9 Å². The summed E-state index contributed by atoms with van der Waals surface area (Å²) in [5, 5.41) is 3.25. The first-order valence-corrected chi connectivity index (χ1v) is 9.77. The Labute approximate surface area is 141 Å². The number of amides is 1. The Morgan fingerprint density at radius 2 is 2.04 bits per heavy atom. The van der Waals surface area contributed by atoms with Crippen molar-refractivity contribution in [2.24, 2.45) is 40.9 Å². The average molecular weight is 316 g/mol. The second kappa shape index (κ2) is 5.10. The van der Waals surface area contributed by atoms with Crippen LogP contribution in [0.5, 0.6) is 0 Å². The van der Waals surface area contributed by atoms with Crippen LogP contribution in [0.1, 0.15) is 66.2 Å². The maximum atomic E-state index is 11.2. The van der Waals surface area contributed by atoms with E-state index in [1.807, 2.05) is 0 Å². The zero-order valence-electron chi connectivity index (χ0n) is 15.3. The van der Waals surface area contributed by atoms with E-state index in [1.165, 1.54) is 38.5 Å². The topological polar surface area (TPSA) is 29.1 Å². The van der Waals surface area contributed by atoms with Crippen molar-refractivity contribution in [2.45, 2.75) is 71.8 Å². The van der Waals surface area contributed by atoms with Gasteiger partial charge in [-0.15, -0.1) is 0 Å². The highest BCUT2D eigenvalue weighted by atomic mass is 16.1. The molecule has 0 radical (unpaired) electrons. The van der Waals surface area contributed by atoms with E-state index >= 15 is 0 Å². The molecular weight excluding hydrogens is 282 g/mol. The highest BCUT2D eigenvalue weighted by molar-refractivity contribution is 5.48. The van der Waals surface area contributed by atoms with Gasteiger partial charge in [-0.05, 0) is 86.4 Å². The fourth-order valence-electron chi connectivity index (χ4n) is 7.34. The number of rotatable bonds is 2. The van der Waals surface area contributed by atoms with Gasteiger partial charge in [0.1, 0.15) is 0 Å². The van der Waals surface area contributed by atoms with E-state index in [4.69, 9.17) is 0 Å². The molecule has 1 amide bonds. The minimum absolute atomic E-state index is 0.0308. The Kier molecular flexibility index (Phi) is 3.49. The van der Waals surface area contributed by atoms with Crippen LogP contribution < -0.4 is 5.32 Å². The van der Waals surface area contributed by atoms with Crippen molar-refractivity contribution in [3.05, 3.63) is 11.6 Å². The molecule has 0 aliphatic heterocycles. The van der Waals surface area contributed by atoms with Crippen LogP contribution >= 0.6 is 0 Å². The van der Waals surface area contributed by atoms with Crippen LogP contribution in [0.15, 0.2) is 11.6 Å². The lowest BCUT2D eigenvalue weighted by atomic mass is 9.44. The molecule has 0 spiro atoms. The fraction of sp³-hybridized carbons (Fsp3) is 0.857. The second-order valence-electron chi connectivity index (χ2n) is 10.0. The third kappa shape index (κ3) is 2.31. The minimum Gasteiger partial charge on any atom is -0.353 e. The fourth-order valence-corrected chi connectivity index (χ4v) is 7.34. The van der Waals surface area contributed by atoms with Crippen molar-refractivity contribution < 1.29 is 4.79 Å². The molecule has 0 aromatic rings. The summed E-state index contributed by atoms with van der Waals surface area (Å²) in [6, 6.07) is 0. The van der Waals surface area contributed by atoms with E-state index in [0.29, 0.717) is 11.3 Å². The lowest BCUT2D eigenvalue weighted by Crippen LogP contribution is -2.61. The highest BCUT2D eigenvalue weighted by Gasteiger charge is 2.57. The summed E-state index contributed by atoms with van der Waals surface area (Å²) in [6.07, 6.45) is 11.4. The number of carbonyl (C=O) groups excluding carboxylic acids is 1. The molecule has 23 heavy (non-hydrogen) atoms. The molecular formula is C21H33NO. The lowest BCUT2D eigenvalue weighted by Gasteiger charge is -2.62. The SMILES string of the molecule is C[C@@H]1C[C@@H]2CC(C)(C)C=C3CC[C@@H]4[C@H]([C@H]1CC[C@@]4(C)NC=O)[C@H]32. The first kappa shape index (κ1) is 15.7. The minimum atomic E-state index is 0.0308. The number of carbonyl (C=O) groups is 1. The van der Waals surface area contributed by atoms with Crippen molar-refractivity contribution in [3.63, 3.8) is 0 Å². The van der Waals surface area contributed by atoms with Crippen molar-refractivity contribution in [1.29, 1.82) is 0 Å². The van der Waals surface area contributed by atoms with Crippen molar-refractivity contribution in [3.8, 4) is 0 Å². The molecule has 0 unspecified atom stereocenters. The van der Waals surface area contributed by atoms with E-state index in [9.17, 15) is 4.79 Å². The average Bonchev–Trinajstić information content (AvgIpc) is 2.45. The summed E-state index contributed by atoms with van der Waals surface area (Å²) < 4.78 is 0. The lowest BCUT2D eigenvalue weighted by molar-refractivity contribution is -0.117. The van der Waals surface area contributed by atoms with Crippen LogP contribution in [-0.4, -0.2) is 11.9 Å². The highest BCUT2D eigenvalue weighted by Crippen LogP contribution is 2.63. The summed E-state index contributed by atoms with van der Waals surface area (Å²) in [7, 11) is 0. The van der Waals surface area contributed by atoms with E-state index in [0.717, 1.165) is 36.0 Å².